The van der Waals surface area contributed by atoms with Crippen molar-refractivity contribution in [1.82, 2.24) is 10.2 Å². The lowest BCUT2D eigenvalue weighted by molar-refractivity contribution is -0.140. The lowest BCUT2D eigenvalue weighted by Gasteiger charge is -2.33. The number of carbonyl (C=O) groups excluding carboxylic acids is 2. The molecule has 1 unspecified atom stereocenters. The summed E-state index contributed by atoms with van der Waals surface area (Å²) >= 11 is 12.5. The van der Waals surface area contributed by atoms with Crippen molar-refractivity contribution >= 4 is 50.7 Å². The van der Waals surface area contributed by atoms with E-state index in [4.69, 9.17) is 23.2 Å². The molecule has 3 rings (SSSR count). The molecule has 0 fully saturated rings. The number of hydrogen-bond acceptors (Lipinski definition) is 4. The van der Waals surface area contributed by atoms with Crippen LogP contribution in [0.1, 0.15) is 58.1 Å². The van der Waals surface area contributed by atoms with Gasteiger partial charge in [-0.25, -0.2) is 8.42 Å². The average molecular weight is 619 g/mol. The van der Waals surface area contributed by atoms with Crippen molar-refractivity contribution in [1.29, 1.82) is 0 Å². The van der Waals surface area contributed by atoms with Crippen LogP contribution in [0.25, 0.3) is 0 Å². The van der Waals surface area contributed by atoms with Gasteiger partial charge in [0.25, 0.3) is 10.0 Å². The summed E-state index contributed by atoms with van der Waals surface area (Å²) < 4.78 is 28.9. The molecular formula is C31H37Cl2N3O4S. The maximum absolute atomic E-state index is 14.1. The van der Waals surface area contributed by atoms with Gasteiger partial charge in [0, 0.05) is 22.6 Å². The molecule has 3 aromatic rings. The maximum Gasteiger partial charge on any atom is 0.264 e. The molecule has 0 aliphatic rings. The molecule has 7 nitrogen and oxygen atoms in total. The predicted octanol–water partition coefficient (Wildman–Crippen LogP) is 6.64. The molecule has 0 saturated carbocycles. The molecule has 10 heteroatoms. The van der Waals surface area contributed by atoms with Gasteiger partial charge in [0.05, 0.1) is 10.6 Å². The van der Waals surface area contributed by atoms with Crippen LogP contribution in [-0.2, 0) is 26.2 Å². The number of carbonyl (C=O) groups is 2. The van der Waals surface area contributed by atoms with Crippen molar-refractivity contribution < 1.29 is 18.0 Å². The lowest BCUT2D eigenvalue weighted by Crippen LogP contribution is -2.53. The standard InChI is InChI=1S/C31H37Cl2N3O4S/c1-6-29(31(38)34-22(4)5)35(19-24-12-15-25(32)18-28(24)33)30(37)20-36(26-16-13-23(14-17-26)21(2)3)41(39,40)27-10-8-7-9-11-27/h7-18,21-22,29H,6,19-20H2,1-5H3,(H,34,38). The van der Waals surface area contributed by atoms with E-state index in [-0.39, 0.29) is 29.3 Å². The summed E-state index contributed by atoms with van der Waals surface area (Å²) in [5, 5.41) is 3.65. The third kappa shape index (κ3) is 8.24. The van der Waals surface area contributed by atoms with Gasteiger partial charge >= 0.3 is 0 Å². The van der Waals surface area contributed by atoms with Crippen LogP contribution in [0.3, 0.4) is 0 Å². The molecule has 0 aliphatic carbocycles. The van der Waals surface area contributed by atoms with E-state index in [1.165, 1.54) is 17.0 Å². The third-order valence-electron chi connectivity index (χ3n) is 6.63. The highest BCUT2D eigenvalue weighted by atomic mass is 35.5. The molecule has 0 saturated heterocycles. The summed E-state index contributed by atoms with van der Waals surface area (Å²) in [6.45, 7) is 9.04. The fourth-order valence-corrected chi connectivity index (χ4v) is 6.31. The number of nitrogens with one attached hydrogen (secondary N) is 1. The van der Waals surface area contributed by atoms with E-state index < -0.39 is 28.5 Å². The van der Waals surface area contributed by atoms with Gasteiger partial charge in [-0.05, 0) is 73.7 Å². The number of benzene rings is 3. The number of amides is 2. The first-order valence-electron chi connectivity index (χ1n) is 13.6. The van der Waals surface area contributed by atoms with Crippen LogP contribution in [0.5, 0.6) is 0 Å². The van der Waals surface area contributed by atoms with E-state index in [1.807, 2.05) is 39.8 Å². The molecule has 0 spiro atoms. The highest BCUT2D eigenvalue weighted by Crippen LogP contribution is 2.28. The third-order valence-corrected chi connectivity index (χ3v) is 9.01. The molecule has 0 aromatic heterocycles. The Morgan fingerprint density at radius 2 is 1.54 bits per heavy atom. The molecule has 0 aliphatic heterocycles. The van der Waals surface area contributed by atoms with Crippen LogP contribution >= 0.6 is 23.2 Å². The smallest absolute Gasteiger partial charge is 0.264 e. The van der Waals surface area contributed by atoms with E-state index >= 15 is 0 Å². The van der Waals surface area contributed by atoms with Gasteiger partial charge in [-0.15, -0.1) is 0 Å². The van der Waals surface area contributed by atoms with E-state index in [9.17, 15) is 18.0 Å². The second kappa shape index (κ2) is 14.2. The molecule has 220 valence electrons. The Balaban J connectivity index is 2.09. The number of sulfonamides is 1. The zero-order valence-corrected chi connectivity index (χ0v) is 26.3. The van der Waals surface area contributed by atoms with Crippen molar-refractivity contribution in [2.24, 2.45) is 0 Å². The monoisotopic (exact) mass is 617 g/mol. The van der Waals surface area contributed by atoms with Crippen LogP contribution in [0.2, 0.25) is 10.0 Å². The minimum atomic E-state index is -4.13. The zero-order valence-electron chi connectivity index (χ0n) is 24.0. The van der Waals surface area contributed by atoms with Gasteiger partial charge in [-0.2, -0.15) is 0 Å². The van der Waals surface area contributed by atoms with Crippen molar-refractivity contribution in [3.8, 4) is 0 Å². The van der Waals surface area contributed by atoms with E-state index in [1.54, 1.807) is 55.5 Å². The Labute approximate surface area is 253 Å². The van der Waals surface area contributed by atoms with Crippen molar-refractivity contribution in [3.05, 3.63) is 94.0 Å². The Bertz CT molecular complexity index is 1450. The molecule has 0 radical (unpaired) electrons. The number of nitrogens with zero attached hydrogens (tertiary/aromatic N) is 2. The van der Waals surface area contributed by atoms with Crippen LogP contribution < -0.4 is 9.62 Å². The van der Waals surface area contributed by atoms with Crippen LogP contribution in [0, 0.1) is 0 Å². The van der Waals surface area contributed by atoms with Crippen LogP contribution in [0.4, 0.5) is 5.69 Å². The maximum atomic E-state index is 14.1. The highest BCUT2D eigenvalue weighted by Gasteiger charge is 2.34. The summed E-state index contributed by atoms with van der Waals surface area (Å²) in [5.41, 5.74) is 1.96. The molecule has 1 N–H and O–H groups in total. The number of halogens is 2. The highest BCUT2D eigenvalue weighted by molar-refractivity contribution is 7.92. The summed E-state index contributed by atoms with van der Waals surface area (Å²) in [4.78, 5) is 28.8. The summed E-state index contributed by atoms with van der Waals surface area (Å²) in [7, 11) is -4.13. The van der Waals surface area contributed by atoms with Gasteiger partial charge < -0.3 is 10.2 Å². The van der Waals surface area contributed by atoms with Gasteiger partial charge in [0.2, 0.25) is 11.8 Å². The minimum absolute atomic E-state index is 0.00955. The topological polar surface area (TPSA) is 86.8 Å². The van der Waals surface area contributed by atoms with Gasteiger partial charge in [0.15, 0.2) is 0 Å². The normalized spacial score (nSPS) is 12.3. The molecule has 41 heavy (non-hydrogen) atoms. The van der Waals surface area contributed by atoms with Gasteiger partial charge in [-0.1, -0.05) is 80.4 Å². The largest absolute Gasteiger partial charge is 0.352 e. The predicted molar refractivity (Wildman–Crippen MR) is 166 cm³/mol. The fourth-order valence-electron chi connectivity index (χ4n) is 4.41. The van der Waals surface area contributed by atoms with Crippen LogP contribution in [-0.4, -0.2) is 43.8 Å². The molecule has 2 amide bonds. The minimum Gasteiger partial charge on any atom is -0.352 e. The summed E-state index contributed by atoms with van der Waals surface area (Å²) in [6, 6.07) is 19.0. The summed E-state index contributed by atoms with van der Waals surface area (Å²) in [6.07, 6.45) is 0.310. The second-order valence-corrected chi connectivity index (χ2v) is 13.1. The number of hydrogen-bond donors (Lipinski definition) is 1. The first kappa shape index (κ1) is 32.4. The first-order valence-corrected chi connectivity index (χ1v) is 15.8. The average Bonchev–Trinajstić information content (AvgIpc) is 2.92. The Morgan fingerprint density at radius 1 is 0.902 bits per heavy atom. The molecule has 3 aromatic carbocycles. The SMILES string of the molecule is CCC(C(=O)NC(C)C)N(Cc1ccc(Cl)cc1Cl)C(=O)CN(c1ccc(C(C)C)cc1)S(=O)(=O)c1ccccc1. The van der Waals surface area contributed by atoms with Gasteiger partial charge in [0.1, 0.15) is 12.6 Å². The first-order chi connectivity index (χ1) is 19.3. The van der Waals surface area contributed by atoms with E-state index in [0.717, 1.165) is 9.87 Å². The van der Waals surface area contributed by atoms with Crippen molar-refractivity contribution in [2.45, 2.75) is 70.5 Å². The zero-order chi connectivity index (χ0) is 30.3. The Kier molecular flexibility index (Phi) is 11.2. The number of anilines is 1. The van der Waals surface area contributed by atoms with Gasteiger partial charge in [-0.3, -0.25) is 13.9 Å². The molecule has 1 atom stereocenters. The Hall–Kier alpha value is -3.07. The molecular weight excluding hydrogens is 581 g/mol. The van der Waals surface area contributed by atoms with E-state index in [2.05, 4.69) is 5.32 Å². The lowest BCUT2D eigenvalue weighted by atomic mass is 10.0. The van der Waals surface area contributed by atoms with E-state index in [0.29, 0.717) is 27.7 Å². The molecule has 0 bridgehead atoms. The second-order valence-electron chi connectivity index (χ2n) is 10.4. The number of rotatable bonds is 12. The Morgan fingerprint density at radius 3 is 2.07 bits per heavy atom. The van der Waals surface area contributed by atoms with Crippen molar-refractivity contribution in [3.63, 3.8) is 0 Å². The molecule has 0 heterocycles. The summed E-state index contributed by atoms with van der Waals surface area (Å²) in [5.74, 6) is -0.636. The fraction of sp³-hybridized carbons (Fsp3) is 0.355. The quantitative estimate of drug-likeness (QED) is 0.247. The van der Waals surface area contributed by atoms with Crippen molar-refractivity contribution in [2.75, 3.05) is 10.8 Å². The van der Waals surface area contributed by atoms with Crippen LogP contribution in [0.15, 0.2) is 77.7 Å².